The lowest BCUT2D eigenvalue weighted by molar-refractivity contribution is -0.132. The molecule has 1 aliphatic heterocycles. The average Bonchev–Trinajstić information content (AvgIpc) is 3.06. The van der Waals surface area contributed by atoms with Gasteiger partial charge in [0.25, 0.3) is 0 Å². The number of ether oxygens (including phenoxy) is 1. The maximum absolute atomic E-state index is 12.4. The molecule has 0 saturated carbocycles. The molecule has 0 spiro atoms. The minimum Gasteiger partial charge on any atom is -0.496 e. The molecule has 0 radical (unpaired) electrons. The quantitative estimate of drug-likeness (QED) is 0.824. The van der Waals surface area contributed by atoms with Gasteiger partial charge in [-0.2, -0.15) is 0 Å². The summed E-state index contributed by atoms with van der Waals surface area (Å²) in [4.78, 5) is 16.6. The number of carbonyl (C=O) groups is 1. The number of piperazine rings is 1. The fourth-order valence-electron chi connectivity index (χ4n) is 3.22. The van der Waals surface area contributed by atoms with Crippen LogP contribution in [-0.2, 0) is 11.2 Å². The van der Waals surface area contributed by atoms with E-state index in [9.17, 15) is 4.79 Å². The summed E-state index contributed by atoms with van der Waals surface area (Å²) in [5.41, 5.74) is 1.17. The number of aromatic nitrogens is 2. The van der Waals surface area contributed by atoms with Gasteiger partial charge < -0.3 is 14.1 Å². The number of carbonyl (C=O) groups excluding carboxylic acids is 1. The van der Waals surface area contributed by atoms with Crippen LogP contribution in [0.15, 0.2) is 28.7 Å². The van der Waals surface area contributed by atoms with Crippen LogP contribution in [0.1, 0.15) is 30.3 Å². The first-order valence-corrected chi connectivity index (χ1v) is 8.52. The molecule has 25 heavy (non-hydrogen) atoms. The molecule has 7 heteroatoms. The summed E-state index contributed by atoms with van der Waals surface area (Å²) in [5, 5.41) is 7.66. The summed E-state index contributed by atoms with van der Waals surface area (Å²) in [6.07, 6.45) is 0.170. The highest BCUT2D eigenvalue weighted by molar-refractivity contribution is 5.77. The Bertz CT molecular complexity index is 723. The Kier molecular flexibility index (Phi) is 5.33. The molecule has 0 aliphatic carbocycles. The van der Waals surface area contributed by atoms with Crippen LogP contribution in [0.4, 0.5) is 0 Å². The van der Waals surface area contributed by atoms with Crippen molar-refractivity contribution in [3.63, 3.8) is 0 Å². The van der Waals surface area contributed by atoms with E-state index in [2.05, 4.69) is 28.1 Å². The van der Waals surface area contributed by atoms with E-state index in [1.54, 1.807) is 14.0 Å². The van der Waals surface area contributed by atoms with Gasteiger partial charge in [-0.25, -0.2) is 0 Å². The van der Waals surface area contributed by atoms with E-state index < -0.39 is 0 Å². The standard InChI is InChI=1S/C18H24N4O3/c1-13(15-6-4-5-7-16(15)24-3)21-8-10-22(11-9-21)18(23)12-17-20-19-14(2)25-17/h4-7,13H,8-12H2,1-3H3. The van der Waals surface area contributed by atoms with Crippen LogP contribution in [0.3, 0.4) is 0 Å². The molecule has 1 aromatic carbocycles. The van der Waals surface area contributed by atoms with Gasteiger partial charge in [-0.3, -0.25) is 9.69 Å². The van der Waals surface area contributed by atoms with Crippen LogP contribution in [0.2, 0.25) is 0 Å². The number of para-hydroxylation sites is 1. The average molecular weight is 344 g/mol. The second-order valence-corrected chi connectivity index (χ2v) is 6.23. The van der Waals surface area contributed by atoms with Crippen LogP contribution in [0.5, 0.6) is 5.75 Å². The van der Waals surface area contributed by atoms with Crippen LogP contribution < -0.4 is 4.74 Å². The number of hydrogen-bond donors (Lipinski definition) is 0. The molecule has 1 fully saturated rings. The number of aryl methyl sites for hydroxylation is 1. The molecule has 1 aromatic heterocycles. The normalized spacial score (nSPS) is 16.7. The molecule has 1 saturated heterocycles. The topological polar surface area (TPSA) is 71.7 Å². The van der Waals surface area contributed by atoms with Gasteiger partial charge in [-0.05, 0) is 13.0 Å². The minimum atomic E-state index is 0.0354. The molecule has 1 aliphatic rings. The first-order valence-electron chi connectivity index (χ1n) is 8.52. The smallest absolute Gasteiger partial charge is 0.232 e. The SMILES string of the molecule is COc1ccccc1C(C)N1CCN(C(=O)Cc2nnc(C)o2)CC1. The van der Waals surface area contributed by atoms with E-state index in [0.717, 1.165) is 18.8 Å². The van der Waals surface area contributed by atoms with E-state index in [-0.39, 0.29) is 18.4 Å². The zero-order chi connectivity index (χ0) is 17.8. The maximum Gasteiger partial charge on any atom is 0.232 e. The van der Waals surface area contributed by atoms with E-state index >= 15 is 0 Å². The second-order valence-electron chi connectivity index (χ2n) is 6.23. The van der Waals surface area contributed by atoms with Gasteiger partial charge in [0.05, 0.1) is 7.11 Å². The third-order valence-electron chi connectivity index (χ3n) is 4.67. The van der Waals surface area contributed by atoms with E-state index in [1.165, 1.54) is 5.56 Å². The van der Waals surface area contributed by atoms with Crippen molar-refractivity contribution >= 4 is 5.91 Å². The monoisotopic (exact) mass is 344 g/mol. The molecule has 2 heterocycles. The van der Waals surface area contributed by atoms with E-state index in [4.69, 9.17) is 9.15 Å². The number of nitrogens with zero attached hydrogens (tertiary/aromatic N) is 4. The number of benzene rings is 1. The first-order chi connectivity index (χ1) is 12.1. The first kappa shape index (κ1) is 17.4. The van der Waals surface area contributed by atoms with Crippen molar-refractivity contribution in [3.05, 3.63) is 41.6 Å². The van der Waals surface area contributed by atoms with Crippen LogP contribution in [0, 0.1) is 6.92 Å². The van der Waals surface area contributed by atoms with Crippen molar-refractivity contribution in [1.29, 1.82) is 0 Å². The second kappa shape index (κ2) is 7.65. The molecule has 134 valence electrons. The Balaban J connectivity index is 1.57. The zero-order valence-corrected chi connectivity index (χ0v) is 14.9. The van der Waals surface area contributed by atoms with Crippen LogP contribution in [-0.4, -0.2) is 59.2 Å². The molecular formula is C18H24N4O3. The zero-order valence-electron chi connectivity index (χ0n) is 14.9. The van der Waals surface area contributed by atoms with Gasteiger partial charge in [-0.15, -0.1) is 10.2 Å². The van der Waals surface area contributed by atoms with Crippen LogP contribution in [0.25, 0.3) is 0 Å². The lowest BCUT2D eigenvalue weighted by atomic mass is 10.0. The van der Waals surface area contributed by atoms with Gasteiger partial charge in [0.2, 0.25) is 17.7 Å². The fraction of sp³-hybridized carbons (Fsp3) is 0.500. The summed E-state index contributed by atoms with van der Waals surface area (Å²) < 4.78 is 10.8. The van der Waals surface area contributed by atoms with Crippen LogP contribution >= 0.6 is 0 Å². The fourth-order valence-corrected chi connectivity index (χ4v) is 3.22. The lowest BCUT2D eigenvalue weighted by Gasteiger charge is -2.38. The Labute approximate surface area is 147 Å². The molecular weight excluding hydrogens is 320 g/mol. The van der Waals surface area contributed by atoms with Gasteiger partial charge in [-0.1, -0.05) is 18.2 Å². The van der Waals surface area contributed by atoms with Gasteiger partial charge in [0, 0.05) is 44.7 Å². The third kappa shape index (κ3) is 3.99. The van der Waals surface area contributed by atoms with E-state index in [1.807, 2.05) is 23.1 Å². The summed E-state index contributed by atoms with van der Waals surface area (Å²) in [5.74, 6) is 1.80. The van der Waals surface area contributed by atoms with Gasteiger partial charge in [0.15, 0.2) is 0 Å². The highest BCUT2D eigenvalue weighted by Crippen LogP contribution is 2.29. The Morgan fingerprint density at radius 2 is 1.96 bits per heavy atom. The highest BCUT2D eigenvalue weighted by atomic mass is 16.5. The van der Waals surface area contributed by atoms with Crippen molar-refractivity contribution in [2.45, 2.75) is 26.3 Å². The summed E-state index contributed by atoms with van der Waals surface area (Å²) in [6, 6.07) is 8.33. The molecule has 1 amide bonds. The van der Waals surface area contributed by atoms with Crippen molar-refractivity contribution in [2.24, 2.45) is 0 Å². The molecule has 1 atom stereocenters. The number of rotatable bonds is 5. The number of hydrogen-bond acceptors (Lipinski definition) is 6. The van der Waals surface area contributed by atoms with Gasteiger partial charge >= 0.3 is 0 Å². The van der Waals surface area contributed by atoms with Crippen molar-refractivity contribution in [1.82, 2.24) is 20.0 Å². The number of amides is 1. The molecule has 2 aromatic rings. The van der Waals surface area contributed by atoms with E-state index in [0.29, 0.717) is 24.9 Å². The Morgan fingerprint density at radius 1 is 1.24 bits per heavy atom. The number of methoxy groups -OCH3 is 1. The highest BCUT2D eigenvalue weighted by Gasteiger charge is 2.26. The summed E-state index contributed by atoms with van der Waals surface area (Å²) >= 11 is 0. The largest absolute Gasteiger partial charge is 0.496 e. The molecule has 0 bridgehead atoms. The Morgan fingerprint density at radius 3 is 2.60 bits per heavy atom. The maximum atomic E-state index is 12.4. The predicted octanol–water partition coefficient (Wildman–Crippen LogP) is 1.83. The minimum absolute atomic E-state index is 0.0354. The molecule has 0 N–H and O–H groups in total. The predicted molar refractivity (Wildman–Crippen MR) is 92.3 cm³/mol. The molecule has 3 rings (SSSR count). The van der Waals surface area contributed by atoms with Crippen molar-refractivity contribution < 1.29 is 13.9 Å². The van der Waals surface area contributed by atoms with Crippen molar-refractivity contribution in [3.8, 4) is 5.75 Å². The van der Waals surface area contributed by atoms with Gasteiger partial charge in [0.1, 0.15) is 12.2 Å². The summed E-state index contributed by atoms with van der Waals surface area (Å²) in [7, 11) is 1.70. The summed E-state index contributed by atoms with van der Waals surface area (Å²) in [6.45, 7) is 6.95. The molecule has 1 unspecified atom stereocenters. The lowest BCUT2D eigenvalue weighted by Crippen LogP contribution is -2.49. The van der Waals surface area contributed by atoms with Crippen molar-refractivity contribution in [2.75, 3.05) is 33.3 Å². The Hall–Kier alpha value is -2.41. The third-order valence-corrected chi connectivity index (χ3v) is 4.67. The molecule has 7 nitrogen and oxygen atoms in total.